The summed E-state index contributed by atoms with van der Waals surface area (Å²) in [5.41, 5.74) is 2.63. The van der Waals surface area contributed by atoms with Crippen molar-refractivity contribution in [3.63, 3.8) is 0 Å². The van der Waals surface area contributed by atoms with E-state index in [-0.39, 0.29) is 13.3 Å². The highest BCUT2D eigenvalue weighted by Gasteiger charge is 2.22. The van der Waals surface area contributed by atoms with Crippen LogP contribution < -0.4 is 0 Å². The number of nitrogens with zero attached hydrogens (tertiary/aromatic N) is 2. The van der Waals surface area contributed by atoms with Crippen LogP contribution in [0.25, 0.3) is 0 Å². The Hall–Kier alpha value is -1.88. The number of carbonyl (C=O) groups excluding carboxylic acids is 1. The van der Waals surface area contributed by atoms with E-state index in [1.165, 1.54) is 6.42 Å². The van der Waals surface area contributed by atoms with Gasteiger partial charge in [-0.15, -0.1) is 0 Å². The molecule has 0 spiro atoms. The van der Waals surface area contributed by atoms with E-state index in [9.17, 15) is 9.59 Å². The summed E-state index contributed by atoms with van der Waals surface area (Å²) in [6, 6.07) is 5.12. The van der Waals surface area contributed by atoms with E-state index in [0.29, 0.717) is 23.8 Å². The summed E-state index contributed by atoms with van der Waals surface area (Å²) in [6.45, 7) is 21.3. The maximum absolute atomic E-state index is 12.5. The zero-order chi connectivity index (χ0) is 23.3. The molecule has 0 radical (unpaired) electrons. The summed E-state index contributed by atoms with van der Waals surface area (Å²) in [4.78, 5) is 27.9. The molecule has 0 unspecified atom stereocenters. The molecule has 0 saturated carbocycles. The molecule has 1 aromatic rings. The number of carboxylic acids is 1. The second-order valence-corrected chi connectivity index (χ2v) is 8.48. The van der Waals surface area contributed by atoms with Crippen molar-refractivity contribution in [1.29, 1.82) is 0 Å². The normalized spacial score (nSPS) is 13.7. The third-order valence-electron chi connectivity index (χ3n) is 5.10. The SMILES string of the molecule is C.CC.CC.Cc1cc(C(=O)O)ccc1CCC(=O)N1CCN(CCC(C)(C)C)CC1. The number of benzene rings is 1. The Balaban J connectivity index is 0. The molecule has 0 bridgehead atoms. The largest absolute Gasteiger partial charge is 0.478 e. The Bertz CT molecular complexity index is 643. The molecule has 1 heterocycles. The van der Waals surface area contributed by atoms with Crippen LogP contribution in [0, 0.1) is 12.3 Å². The van der Waals surface area contributed by atoms with Crippen LogP contribution in [-0.4, -0.2) is 59.5 Å². The number of amides is 1. The Morgan fingerprint density at radius 3 is 2.00 bits per heavy atom. The van der Waals surface area contributed by atoms with Crippen molar-refractivity contribution in [1.82, 2.24) is 9.80 Å². The van der Waals surface area contributed by atoms with Gasteiger partial charge in [0.25, 0.3) is 0 Å². The fourth-order valence-corrected chi connectivity index (χ4v) is 3.22. The molecule has 1 aromatic carbocycles. The summed E-state index contributed by atoms with van der Waals surface area (Å²) < 4.78 is 0. The molecule has 1 amide bonds. The molecule has 1 aliphatic rings. The van der Waals surface area contributed by atoms with Crippen molar-refractivity contribution < 1.29 is 14.7 Å². The van der Waals surface area contributed by atoms with Crippen LogP contribution in [0.3, 0.4) is 0 Å². The van der Waals surface area contributed by atoms with E-state index in [1.807, 2.05) is 45.6 Å². The predicted octanol–water partition coefficient (Wildman–Crippen LogP) is 5.89. The van der Waals surface area contributed by atoms with Gasteiger partial charge in [0, 0.05) is 32.6 Å². The van der Waals surface area contributed by atoms with Crippen molar-refractivity contribution >= 4 is 11.9 Å². The lowest BCUT2D eigenvalue weighted by Gasteiger charge is -2.36. The van der Waals surface area contributed by atoms with Gasteiger partial charge in [-0.1, -0.05) is 62.0 Å². The number of carbonyl (C=O) groups is 2. The monoisotopic (exact) mass is 436 g/mol. The molecule has 2 rings (SSSR count). The first-order valence-electron chi connectivity index (χ1n) is 11.5. The summed E-state index contributed by atoms with van der Waals surface area (Å²) >= 11 is 0. The molecule has 1 aliphatic heterocycles. The van der Waals surface area contributed by atoms with Gasteiger partial charge in [-0.2, -0.15) is 0 Å². The lowest BCUT2D eigenvalue weighted by molar-refractivity contribution is -0.132. The maximum Gasteiger partial charge on any atom is 0.335 e. The van der Waals surface area contributed by atoms with Gasteiger partial charge in [-0.3, -0.25) is 9.69 Å². The zero-order valence-corrected chi connectivity index (χ0v) is 20.5. The zero-order valence-electron chi connectivity index (χ0n) is 20.5. The second kappa shape index (κ2) is 15.9. The van der Waals surface area contributed by atoms with Crippen LogP contribution in [0.2, 0.25) is 0 Å². The minimum Gasteiger partial charge on any atom is -0.478 e. The highest BCUT2D eigenvalue weighted by Crippen LogP contribution is 2.19. The summed E-state index contributed by atoms with van der Waals surface area (Å²) in [5.74, 6) is -0.720. The van der Waals surface area contributed by atoms with E-state index in [4.69, 9.17) is 5.11 Å². The molecule has 5 nitrogen and oxygen atoms in total. The van der Waals surface area contributed by atoms with Crippen molar-refractivity contribution in [2.24, 2.45) is 5.41 Å². The van der Waals surface area contributed by atoms with Gasteiger partial charge >= 0.3 is 5.97 Å². The van der Waals surface area contributed by atoms with Crippen molar-refractivity contribution in [3.05, 3.63) is 34.9 Å². The first-order chi connectivity index (χ1) is 14.2. The van der Waals surface area contributed by atoms with Crippen LogP contribution in [-0.2, 0) is 11.2 Å². The predicted molar refractivity (Wildman–Crippen MR) is 133 cm³/mol. The number of rotatable bonds is 6. The minimum atomic E-state index is -0.917. The highest BCUT2D eigenvalue weighted by molar-refractivity contribution is 5.87. The van der Waals surface area contributed by atoms with Gasteiger partial charge in [-0.05, 0) is 55.0 Å². The Morgan fingerprint density at radius 1 is 1.00 bits per heavy atom. The number of piperazine rings is 1. The number of hydrogen-bond donors (Lipinski definition) is 1. The number of aromatic carboxylic acids is 1. The highest BCUT2D eigenvalue weighted by atomic mass is 16.4. The number of hydrogen-bond acceptors (Lipinski definition) is 3. The molecule has 1 saturated heterocycles. The van der Waals surface area contributed by atoms with Crippen LogP contribution in [0.4, 0.5) is 0 Å². The maximum atomic E-state index is 12.5. The van der Waals surface area contributed by atoms with E-state index in [1.54, 1.807) is 12.1 Å². The quantitative estimate of drug-likeness (QED) is 0.603. The standard InChI is InChI=1S/C21H32N2O3.2C2H6.CH4/c1-16-15-18(20(25)26)6-5-17(16)7-8-19(24)23-13-11-22(12-14-23)10-9-21(2,3)4;2*1-2;/h5-6,15H,7-14H2,1-4H3,(H,25,26);2*1-2H3;1H4. The lowest BCUT2D eigenvalue weighted by Crippen LogP contribution is -2.49. The number of aryl methyl sites for hydroxylation is 2. The van der Waals surface area contributed by atoms with E-state index >= 15 is 0 Å². The summed E-state index contributed by atoms with van der Waals surface area (Å²) in [7, 11) is 0. The summed E-state index contributed by atoms with van der Waals surface area (Å²) in [6.07, 6.45) is 2.32. The molecule has 0 aliphatic carbocycles. The second-order valence-electron chi connectivity index (χ2n) is 8.48. The van der Waals surface area contributed by atoms with Crippen molar-refractivity contribution in [2.75, 3.05) is 32.7 Å². The van der Waals surface area contributed by atoms with Crippen molar-refractivity contribution in [2.45, 2.75) is 82.1 Å². The minimum absolute atomic E-state index is 0. The Morgan fingerprint density at radius 2 is 1.55 bits per heavy atom. The topological polar surface area (TPSA) is 60.9 Å². The van der Waals surface area contributed by atoms with Gasteiger partial charge < -0.3 is 10.0 Å². The van der Waals surface area contributed by atoms with Gasteiger partial charge in [-0.25, -0.2) is 4.79 Å². The average molecular weight is 437 g/mol. The van der Waals surface area contributed by atoms with Crippen molar-refractivity contribution in [3.8, 4) is 0 Å². The molecular formula is C26H48N2O3. The number of carboxylic acid groups (broad SMARTS) is 1. The Kier molecular flexibility index (Phi) is 16.0. The lowest BCUT2D eigenvalue weighted by atomic mass is 9.92. The third-order valence-corrected chi connectivity index (χ3v) is 5.10. The smallest absolute Gasteiger partial charge is 0.335 e. The van der Waals surface area contributed by atoms with Crippen LogP contribution in [0.1, 0.15) is 90.2 Å². The van der Waals surface area contributed by atoms with E-state index < -0.39 is 5.97 Å². The fourth-order valence-electron chi connectivity index (χ4n) is 3.22. The fraction of sp³-hybridized carbons (Fsp3) is 0.692. The molecule has 0 atom stereocenters. The van der Waals surface area contributed by atoms with Crippen LogP contribution in [0.15, 0.2) is 18.2 Å². The van der Waals surface area contributed by atoms with E-state index in [0.717, 1.165) is 43.9 Å². The Labute approximate surface area is 191 Å². The molecule has 1 fully saturated rings. The molecule has 0 aromatic heterocycles. The van der Waals surface area contributed by atoms with Gasteiger partial charge in [0.1, 0.15) is 0 Å². The van der Waals surface area contributed by atoms with Crippen LogP contribution >= 0.6 is 0 Å². The first kappa shape index (κ1) is 31.3. The molecule has 5 heteroatoms. The van der Waals surface area contributed by atoms with Crippen LogP contribution in [0.5, 0.6) is 0 Å². The summed E-state index contributed by atoms with van der Waals surface area (Å²) in [5, 5.41) is 9.03. The molecular weight excluding hydrogens is 388 g/mol. The van der Waals surface area contributed by atoms with E-state index in [2.05, 4.69) is 25.7 Å². The van der Waals surface area contributed by atoms with Gasteiger partial charge in [0.15, 0.2) is 0 Å². The molecule has 180 valence electrons. The van der Waals surface area contributed by atoms with Gasteiger partial charge in [0.05, 0.1) is 5.56 Å². The first-order valence-corrected chi connectivity index (χ1v) is 11.5. The van der Waals surface area contributed by atoms with Gasteiger partial charge in [0.2, 0.25) is 5.91 Å². The third kappa shape index (κ3) is 11.9. The molecule has 1 N–H and O–H groups in total. The molecule has 31 heavy (non-hydrogen) atoms. The average Bonchev–Trinajstić information content (AvgIpc) is 2.73.